The van der Waals surface area contributed by atoms with Gasteiger partial charge in [0.2, 0.25) is 0 Å². The smallest absolute Gasteiger partial charge is 0.174 e. The molecule has 0 unspecified atom stereocenters. The third-order valence-electron chi connectivity index (χ3n) is 2.11. The maximum Gasteiger partial charge on any atom is 0.174 e. The van der Waals surface area contributed by atoms with Crippen LogP contribution in [0.3, 0.4) is 0 Å². The van der Waals surface area contributed by atoms with Crippen LogP contribution in [0.15, 0.2) is 12.1 Å². The lowest BCUT2D eigenvalue weighted by atomic mass is 10.2. The predicted molar refractivity (Wildman–Crippen MR) is 69.6 cm³/mol. The first kappa shape index (κ1) is 14.1. The second-order valence-electron chi connectivity index (χ2n) is 3.50. The van der Waals surface area contributed by atoms with E-state index in [1.54, 1.807) is 12.1 Å². The van der Waals surface area contributed by atoms with Gasteiger partial charge < -0.3 is 10.1 Å². The van der Waals surface area contributed by atoms with Crippen molar-refractivity contribution in [3.8, 4) is 11.8 Å². The number of nitriles is 1. The molecule has 0 aliphatic heterocycles. The Bertz CT molecular complexity index is 416. The summed E-state index contributed by atoms with van der Waals surface area (Å²) in [6, 6.07) is 5.32. The quantitative estimate of drug-likeness (QED) is 0.808. The average molecular weight is 273 g/mol. The SMILES string of the molecule is CCCNCc1cc(Cl)cc(Cl)c1OCC#N. The van der Waals surface area contributed by atoms with E-state index in [0.29, 0.717) is 22.3 Å². The van der Waals surface area contributed by atoms with Gasteiger partial charge in [0.15, 0.2) is 6.61 Å². The van der Waals surface area contributed by atoms with Crippen LogP contribution in [-0.4, -0.2) is 13.2 Å². The molecule has 0 aliphatic rings. The first-order chi connectivity index (χ1) is 8.19. The van der Waals surface area contributed by atoms with Crippen LogP contribution in [-0.2, 0) is 6.54 Å². The third-order valence-corrected chi connectivity index (χ3v) is 2.61. The van der Waals surface area contributed by atoms with Crippen molar-refractivity contribution in [2.24, 2.45) is 0 Å². The normalized spacial score (nSPS) is 10.0. The fraction of sp³-hybridized carbons (Fsp3) is 0.417. The fourth-order valence-electron chi connectivity index (χ4n) is 1.41. The minimum absolute atomic E-state index is 0.0257. The van der Waals surface area contributed by atoms with Gasteiger partial charge in [-0.1, -0.05) is 30.1 Å². The molecular formula is C12H14Cl2N2O. The topological polar surface area (TPSA) is 45.0 Å². The molecule has 0 saturated carbocycles. The van der Waals surface area contributed by atoms with Crippen LogP contribution in [0, 0.1) is 11.3 Å². The summed E-state index contributed by atoms with van der Waals surface area (Å²) in [5.41, 5.74) is 0.867. The summed E-state index contributed by atoms with van der Waals surface area (Å²) in [5.74, 6) is 0.529. The predicted octanol–water partition coefficient (Wildman–Crippen LogP) is 3.40. The van der Waals surface area contributed by atoms with E-state index in [0.717, 1.165) is 18.5 Å². The van der Waals surface area contributed by atoms with Crippen molar-refractivity contribution in [1.29, 1.82) is 5.26 Å². The molecule has 1 rings (SSSR count). The standard InChI is InChI=1S/C12H14Cl2N2O/c1-2-4-16-8-9-6-10(13)7-11(14)12(9)17-5-3-15/h6-7,16H,2,4-5,8H2,1H3. The molecule has 0 bridgehead atoms. The molecule has 92 valence electrons. The van der Waals surface area contributed by atoms with E-state index >= 15 is 0 Å². The lowest BCUT2D eigenvalue weighted by Gasteiger charge is -2.12. The Morgan fingerprint density at radius 2 is 2.18 bits per heavy atom. The minimum atomic E-state index is -0.0257. The number of nitrogens with zero attached hydrogens (tertiary/aromatic N) is 1. The summed E-state index contributed by atoms with van der Waals surface area (Å²) in [5, 5.41) is 12.8. The summed E-state index contributed by atoms with van der Waals surface area (Å²) in [6.07, 6.45) is 1.04. The molecule has 0 heterocycles. The Balaban J connectivity index is 2.86. The average Bonchev–Trinajstić information content (AvgIpc) is 2.28. The van der Waals surface area contributed by atoms with Crippen LogP contribution in [0.1, 0.15) is 18.9 Å². The van der Waals surface area contributed by atoms with Gasteiger partial charge in [-0.3, -0.25) is 0 Å². The van der Waals surface area contributed by atoms with Gasteiger partial charge in [0.05, 0.1) is 5.02 Å². The molecule has 5 heteroatoms. The molecule has 0 saturated heterocycles. The number of benzene rings is 1. The number of rotatable bonds is 6. The summed E-state index contributed by atoms with van der Waals surface area (Å²) in [7, 11) is 0. The van der Waals surface area contributed by atoms with Gasteiger partial charge in [-0.2, -0.15) is 5.26 Å². The molecular weight excluding hydrogens is 259 g/mol. The molecule has 0 radical (unpaired) electrons. The van der Waals surface area contributed by atoms with E-state index in [2.05, 4.69) is 12.2 Å². The Kier molecular flexibility index (Phi) is 6.13. The number of hydrogen-bond donors (Lipinski definition) is 1. The van der Waals surface area contributed by atoms with Crippen molar-refractivity contribution in [3.05, 3.63) is 27.7 Å². The van der Waals surface area contributed by atoms with Crippen LogP contribution < -0.4 is 10.1 Å². The maximum absolute atomic E-state index is 8.52. The molecule has 1 aromatic carbocycles. The highest BCUT2D eigenvalue weighted by atomic mass is 35.5. The van der Waals surface area contributed by atoms with E-state index < -0.39 is 0 Å². The highest BCUT2D eigenvalue weighted by molar-refractivity contribution is 6.35. The molecule has 0 atom stereocenters. The molecule has 0 aromatic heterocycles. The Hall–Kier alpha value is -0.950. The van der Waals surface area contributed by atoms with Crippen LogP contribution in [0.4, 0.5) is 0 Å². The molecule has 3 nitrogen and oxygen atoms in total. The highest BCUT2D eigenvalue weighted by Crippen LogP contribution is 2.32. The van der Waals surface area contributed by atoms with Crippen molar-refractivity contribution in [2.75, 3.05) is 13.2 Å². The maximum atomic E-state index is 8.52. The zero-order valence-electron chi connectivity index (χ0n) is 9.59. The molecule has 17 heavy (non-hydrogen) atoms. The van der Waals surface area contributed by atoms with E-state index in [1.807, 2.05) is 6.07 Å². The van der Waals surface area contributed by atoms with Crippen molar-refractivity contribution in [1.82, 2.24) is 5.32 Å². The second kappa shape index (κ2) is 7.39. The molecule has 0 spiro atoms. The van der Waals surface area contributed by atoms with Gasteiger partial charge >= 0.3 is 0 Å². The van der Waals surface area contributed by atoms with Crippen molar-refractivity contribution < 1.29 is 4.74 Å². The van der Waals surface area contributed by atoms with E-state index in [4.69, 9.17) is 33.2 Å². The van der Waals surface area contributed by atoms with Gasteiger partial charge in [0, 0.05) is 17.1 Å². The van der Waals surface area contributed by atoms with Gasteiger partial charge in [0.25, 0.3) is 0 Å². The summed E-state index contributed by atoms with van der Waals surface area (Å²) in [4.78, 5) is 0. The first-order valence-corrected chi connectivity index (χ1v) is 6.13. The Labute approximate surface area is 111 Å². The van der Waals surface area contributed by atoms with Crippen LogP contribution >= 0.6 is 23.2 Å². The number of halogens is 2. The van der Waals surface area contributed by atoms with Gasteiger partial charge in [0.1, 0.15) is 11.8 Å². The van der Waals surface area contributed by atoms with E-state index in [9.17, 15) is 0 Å². The lowest BCUT2D eigenvalue weighted by Crippen LogP contribution is -2.15. The van der Waals surface area contributed by atoms with Crippen LogP contribution in [0.2, 0.25) is 10.0 Å². The molecule has 1 aromatic rings. The minimum Gasteiger partial charge on any atom is -0.477 e. The van der Waals surface area contributed by atoms with E-state index in [-0.39, 0.29) is 6.61 Å². The number of hydrogen-bond acceptors (Lipinski definition) is 3. The Morgan fingerprint density at radius 1 is 1.41 bits per heavy atom. The van der Waals surface area contributed by atoms with E-state index in [1.165, 1.54) is 0 Å². The van der Waals surface area contributed by atoms with Crippen molar-refractivity contribution in [3.63, 3.8) is 0 Å². The molecule has 0 amide bonds. The van der Waals surface area contributed by atoms with Gasteiger partial charge in [-0.05, 0) is 25.1 Å². The lowest BCUT2D eigenvalue weighted by molar-refractivity contribution is 0.363. The largest absolute Gasteiger partial charge is 0.477 e. The highest BCUT2D eigenvalue weighted by Gasteiger charge is 2.10. The summed E-state index contributed by atoms with van der Waals surface area (Å²) >= 11 is 12.0. The second-order valence-corrected chi connectivity index (χ2v) is 4.34. The molecule has 0 fully saturated rings. The zero-order chi connectivity index (χ0) is 12.7. The fourth-order valence-corrected chi connectivity index (χ4v) is 2.00. The number of ether oxygens (including phenoxy) is 1. The van der Waals surface area contributed by atoms with Crippen LogP contribution in [0.5, 0.6) is 5.75 Å². The summed E-state index contributed by atoms with van der Waals surface area (Å²) < 4.78 is 5.31. The zero-order valence-corrected chi connectivity index (χ0v) is 11.1. The molecule has 0 aliphatic carbocycles. The molecule has 1 N–H and O–H groups in total. The number of nitrogens with one attached hydrogen (secondary N) is 1. The Morgan fingerprint density at radius 3 is 2.82 bits per heavy atom. The monoisotopic (exact) mass is 272 g/mol. The van der Waals surface area contributed by atoms with Crippen molar-refractivity contribution >= 4 is 23.2 Å². The third kappa shape index (κ3) is 4.43. The first-order valence-electron chi connectivity index (χ1n) is 5.37. The summed E-state index contributed by atoms with van der Waals surface area (Å²) in [6.45, 7) is 3.59. The van der Waals surface area contributed by atoms with Crippen molar-refractivity contribution in [2.45, 2.75) is 19.9 Å². The van der Waals surface area contributed by atoms with Crippen LogP contribution in [0.25, 0.3) is 0 Å². The van der Waals surface area contributed by atoms with Gasteiger partial charge in [-0.15, -0.1) is 0 Å². The van der Waals surface area contributed by atoms with Gasteiger partial charge in [-0.25, -0.2) is 0 Å².